The van der Waals surface area contributed by atoms with Crippen LogP contribution in [0.5, 0.6) is 5.75 Å². The van der Waals surface area contributed by atoms with Gasteiger partial charge in [-0.25, -0.2) is 23.2 Å². The zero-order valence-corrected chi connectivity index (χ0v) is 25.9. The van der Waals surface area contributed by atoms with Gasteiger partial charge in [-0.15, -0.1) is 0 Å². The zero-order chi connectivity index (χ0) is 33.6. The van der Waals surface area contributed by atoms with Crippen molar-refractivity contribution in [1.82, 2.24) is 19.5 Å². The molecule has 0 bridgehead atoms. The molecule has 3 aromatic carbocycles. The van der Waals surface area contributed by atoms with E-state index in [2.05, 4.69) is 20.6 Å². The van der Waals surface area contributed by atoms with Crippen LogP contribution in [0.15, 0.2) is 79.0 Å². The number of imidazole rings is 1. The van der Waals surface area contributed by atoms with Crippen LogP contribution in [0.2, 0.25) is 0 Å². The van der Waals surface area contributed by atoms with Crippen LogP contribution in [0.25, 0.3) is 11.0 Å². The molecule has 2 heterocycles. The van der Waals surface area contributed by atoms with Crippen molar-refractivity contribution >= 4 is 61.6 Å². The van der Waals surface area contributed by atoms with Crippen LogP contribution in [0.4, 0.5) is 47.9 Å². The number of nitrogens with one attached hydrogen (secondary N) is 2. The Morgan fingerprint density at radius 1 is 1.00 bits per heavy atom. The van der Waals surface area contributed by atoms with Crippen LogP contribution in [0.3, 0.4) is 0 Å². The van der Waals surface area contributed by atoms with Gasteiger partial charge in [-0.3, -0.25) is 0 Å². The van der Waals surface area contributed by atoms with Crippen molar-refractivity contribution in [3.8, 4) is 5.75 Å². The highest BCUT2D eigenvalue weighted by Crippen LogP contribution is 2.29. The van der Waals surface area contributed by atoms with Gasteiger partial charge in [-0.2, -0.15) is 18.2 Å². The molecule has 0 atom stereocenters. The van der Waals surface area contributed by atoms with Gasteiger partial charge in [0.1, 0.15) is 11.6 Å². The Balaban J connectivity index is 0.000000617. The smallest absolute Gasteiger partial charge is 0.490 e. The summed E-state index contributed by atoms with van der Waals surface area (Å²) < 4.78 is 62.3. The van der Waals surface area contributed by atoms with Crippen molar-refractivity contribution in [3.05, 3.63) is 84.6 Å². The van der Waals surface area contributed by atoms with Crippen molar-refractivity contribution in [1.29, 1.82) is 0 Å². The van der Waals surface area contributed by atoms with E-state index in [1.807, 2.05) is 78.2 Å². The van der Waals surface area contributed by atoms with Crippen molar-refractivity contribution in [3.63, 3.8) is 0 Å². The molecule has 2 aromatic heterocycles. The number of aryl methyl sites for hydroxylation is 1. The number of carbonyl (C=O) groups is 1. The third-order valence-corrected chi connectivity index (χ3v) is 7.29. The minimum Gasteiger partial charge on any atom is -0.497 e. The maximum Gasteiger partial charge on any atom is 0.490 e. The summed E-state index contributed by atoms with van der Waals surface area (Å²) >= 11 is 0. The van der Waals surface area contributed by atoms with E-state index in [1.165, 1.54) is 6.26 Å². The first-order valence-electron chi connectivity index (χ1n) is 13.4. The monoisotopic (exact) mass is 657 g/mol. The van der Waals surface area contributed by atoms with Crippen molar-refractivity contribution in [2.45, 2.75) is 11.9 Å². The minimum absolute atomic E-state index is 0.0283. The number of hydrogen-bond acceptors (Lipinski definition) is 10. The topological polar surface area (TPSA) is 152 Å². The zero-order valence-electron chi connectivity index (χ0n) is 25.1. The molecule has 46 heavy (non-hydrogen) atoms. The first-order valence-corrected chi connectivity index (χ1v) is 15.5. The summed E-state index contributed by atoms with van der Waals surface area (Å²) in [6.07, 6.45) is -2.19. The molecule has 0 unspecified atom stereocenters. The predicted octanol–water partition coefficient (Wildman–Crippen LogP) is 5.80. The molecule has 0 aliphatic carbocycles. The maximum atomic E-state index is 11.7. The van der Waals surface area contributed by atoms with Crippen LogP contribution in [-0.4, -0.2) is 65.6 Å². The van der Waals surface area contributed by atoms with Crippen LogP contribution in [0.1, 0.15) is 5.56 Å². The molecule has 12 nitrogen and oxygen atoms in total. The number of carboxylic acids is 1. The van der Waals surface area contributed by atoms with Gasteiger partial charge in [0.15, 0.2) is 9.84 Å². The number of nitrogens with zero attached hydrogens (tertiary/aromatic N) is 5. The third-order valence-electron chi connectivity index (χ3n) is 6.44. The molecule has 16 heteroatoms. The average Bonchev–Trinajstić information content (AvgIpc) is 3.30. The summed E-state index contributed by atoms with van der Waals surface area (Å²) in [6.45, 7) is 0. The molecule has 3 N–H and O–H groups in total. The fourth-order valence-corrected chi connectivity index (χ4v) is 5.00. The second kappa shape index (κ2) is 13.7. The van der Waals surface area contributed by atoms with Crippen molar-refractivity contribution in [2.75, 3.05) is 35.9 Å². The Bertz CT molecular complexity index is 1950. The van der Waals surface area contributed by atoms with E-state index >= 15 is 0 Å². The molecule has 5 aromatic rings. The second-order valence-corrected chi connectivity index (χ2v) is 12.2. The highest BCUT2D eigenvalue weighted by Gasteiger charge is 2.38. The number of benzene rings is 3. The lowest BCUT2D eigenvalue weighted by Crippen LogP contribution is -2.21. The number of hydrogen-bond donors (Lipinski definition) is 3. The molecule has 0 saturated heterocycles. The van der Waals surface area contributed by atoms with Gasteiger partial charge < -0.3 is 29.9 Å². The predicted molar refractivity (Wildman–Crippen MR) is 169 cm³/mol. The minimum atomic E-state index is -5.08. The van der Waals surface area contributed by atoms with Crippen molar-refractivity contribution < 1.29 is 36.2 Å². The lowest BCUT2D eigenvalue weighted by atomic mass is 10.2. The molecule has 0 saturated carbocycles. The number of sulfone groups is 1. The number of halogens is 3. The van der Waals surface area contributed by atoms with E-state index in [4.69, 9.17) is 19.6 Å². The van der Waals surface area contributed by atoms with E-state index in [0.29, 0.717) is 23.0 Å². The Labute approximate surface area is 262 Å². The fraction of sp³-hybridized carbons (Fsp3) is 0.200. The third kappa shape index (κ3) is 8.84. The Kier molecular flexibility index (Phi) is 10.00. The summed E-state index contributed by atoms with van der Waals surface area (Å²) in [5, 5.41) is 13.7. The maximum absolute atomic E-state index is 11.7. The standard InChI is InChI=1S/C28H29N7O3S.C2HF3O2/c1-34(26-14-15-29-27(33-26)30-21-7-5-6-19(16-21)18-39(4,36)37)22-10-13-25-24(17-22)32-28(35(25)2)31-20-8-11-23(38-3)12-9-20;3-2(4,5)1(6)7/h5-17H,18H2,1-4H3,(H,31,32)(H,29,30,33);(H,6,7). The van der Waals surface area contributed by atoms with Crippen LogP contribution >= 0.6 is 0 Å². The molecular formula is C30H30F3N7O5S. The largest absolute Gasteiger partial charge is 0.497 e. The van der Waals surface area contributed by atoms with Crippen LogP contribution in [-0.2, 0) is 27.4 Å². The van der Waals surface area contributed by atoms with Gasteiger partial charge in [0, 0.05) is 43.6 Å². The highest BCUT2D eigenvalue weighted by atomic mass is 32.2. The molecule has 0 radical (unpaired) electrons. The number of rotatable bonds is 9. The summed E-state index contributed by atoms with van der Waals surface area (Å²) in [5.74, 6) is -0.178. The second-order valence-electron chi connectivity index (χ2n) is 10.0. The number of aromatic nitrogens is 4. The molecule has 242 valence electrons. The molecular weight excluding hydrogens is 627 g/mol. The van der Waals surface area contributed by atoms with Gasteiger partial charge in [0.05, 0.1) is 23.9 Å². The van der Waals surface area contributed by atoms with Crippen LogP contribution in [0, 0.1) is 0 Å². The highest BCUT2D eigenvalue weighted by molar-refractivity contribution is 7.89. The number of fused-ring (bicyclic) bond motifs is 1. The van der Waals surface area contributed by atoms with Crippen LogP contribution < -0.4 is 20.3 Å². The van der Waals surface area contributed by atoms with E-state index in [0.717, 1.165) is 34.1 Å². The molecule has 0 spiro atoms. The first kappa shape index (κ1) is 33.5. The average molecular weight is 658 g/mol. The lowest BCUT2D eigenvalue weighted by Gasteiger charge is -2.19. The Hall–Kier alpha value is -5.38. The number of aliphatic carboxylic acids is 1. The number of ether oxygens (including phenoxy) is 1. The molecule has 0 fully saturated rings. The van der Waals surface area contributed by atoms with E-state index in [9.17, 15) is 21.6 Å². The number of carboxylic acid groups (broad SMARTS) is 1. The quantitative estimate of drug-likeness (QED) is 0.176. The SMILES string of the molecule is COc1ccc(Nc2nc3cc(N(C)c4ccnc(Nc5cccc(CS(C)(=O)=O)c5)n4)ccc3n2C)cc1.O=C(O)C(F)(F)F. The number of anilines is 6. The molecule has 0 aliphatic heterocycles. The molecule has 5 rings (SSSR count). The van der Waals surface area contributed by atoms with Gasteiger partial charge >= 0.3 is 12.1 Å². The fourth-order valence-electron chi connectivity index (χ4n) is 4.21. The van der Waals surface area contributed by atoms with E-state index in [-0.39, 0.29) is 5.75 Å². The Morgan fingerprint density at radius 3 is 2.33 bits per heavy atom. The summed E-state index contributed by atoms with van der Waals surface area (Å²) in [5.41, 5.74) is 5.06. The summed E-state index contributed by atoms with van der Waals surface area (Å²) in [4.78, 5) is 24.6. The first-order chi connectivity index (χ1) is 21.6. The number of methoxy groups -OCH3 is 1. The van der Waals surface area contributed by atoms with Gasteiger partial charge in [-0.1, -0.05) is 12.1 Å². The Morgan fingerprint density at radius 2 is 1.70 bits per heavy atom. The van der Waals surface area contributed by atoms with E-state index in [1.54, 1.807) is 31.5 Å². The van der Waals surface area contributed by atoms with Gasteiger partial charge in [-0.05, 0) is 66.2 Å². The number of alkyl halides is 3. The molecule has 0 amide bonds. The summed E-state index contributed by atoms with van der Waals surface area (Å²) in [6, 6.07) is 22.8. The summed E-state index contributed by atoms with van der Waals surface area (Å²) in [7, 11) is 2.41. The normalized spacial score (nSPS) is 11.4. The van der Waals surface area contributed by atoms with E-state index < -0.39 is 22.0 Å². The van der Waals surface area contributed by atoms with Crippen molar-refractivity contribution in [2.24, 2.45) is 7.05 Å². The lowest BCUT2D eigenvalue weighted by molar-refractivity contribution is -0.192. The molecule has 0 aliphatic rings. The van der Waals surface area contributed by atoms with Gasteiger partial charge in [0.25, 0.3) is 0 Å². The van der Waals surface area contributed by atoms with Gasteiger partial charge in [0.2, 0.25) is 11.9 Å².